The molecule has 0 aromatic heterocycles. The minimum Gasteiger partial charge on any atom is -0.366 e. The Morgan fingerprint density at radius 2 is 1.09 bits per heavy atom. The Kier molecular flexibility index (Phi) is 7.60. The fraction of sp³-hybridized carbons (Fsp3) is 0.0976. The number of nitrogens with one attached hydrogen (secondary N) is 4. The summed E-state index contributed by atoms with van der Waals surface area (Å²) < 4.78 is 0. The summed E-state index contributed by atoms with van der Waals surface area (Å²) in [4.78, 5) is 5.16. The van der Waals surface area contributed by atoms with Crippen LogP contribution < -0.4 is 21.3 Å². The van der Waals surface area contributed by atoms with Gasteiger partial charge in [0, 0.05) is 16.8 Å². The molecule has 5 nitrogen and oxygen atoms in total. The van der Waals surface area contributed by atoms with E-state index in [-0.39, 0.29) is 24.5 Å². The van der Waals surface area contributed by atoms with Crippen molar-refractivity contribution in [3.05, 3.63) is 197 Å². The second kappa shape index (κ2) is 12.5. The Morgan fingerprint density at radius 1 is 0.478 bits per heavy atom. The van der Waals surface area contributed by atoms with Gasteiger partial charge in [0.15, 0.2) is 0 Å². The van der Waals surface area contributed by atoms with Gasteiger partial charge in [0.25, 0.3) is 0 Å². The van der Waals surface area contributed by atoms with Crippen molar-refractivity contribution in [2.75, 3.05) is 0 Å². The van der Waals surface area contributed by atoms with Crippen molar-refractivity contribution in [1.82, 2.24) is 21.3 Å². The number of benzene rings is 6. The molecule has 4 atom stereocenters. The van der Waals surface area contributed by atoms with Crippen LogP contribution in [0.2, 0.25) is 0 Å². The van der Waals surface area contributed by atoms with E-state index in [2.05, 4.69) is 173 Å². The molecule has 0 saturated heterocycles. The molecule has 2 aliphatic rings. The van der Waals surface area contributed by atoms with Crippen molar-refractivity contribution in [2.45, 2.75) is 24.5 Å². The number of nitrogens with zero attached hydrogens (tertiary/aromatic N) is 1. The van der Waals surface area contributed by atoms with Gasteiger partial charge in [-0.15, -0.1) is 0 Å². The lowest BCUT2D eigenvalue weighted by atomic mass is 9.91. The lowest BCUT2D eigenvalue weighted by Gasteiger charge is -2.38. The molecule has 6 aromatic rings. The van der Waals surface area contributed by atoms with Gasteiger partial charge < -0.3 is 10.6 Å². The van der Waals surface area contributed by atoms with Crippen molar-refractivity contribution in [3.8, 4) is 0 Å². The van der Waals surface area contributed by atoms with Gasteiger partial charge in [-0.2, -0.15) is 0 Å². The zero-order chi connectivity index (χ0) is 30.7. The third-order valence-corrected chi connectivity index (χ3v) is 8.85. The molecule has 0 aliphatic carbocycles. The largest absolute Gasteiger partial charge is 0.366 e. The van der Waals surface area contributed by atoms with E-state index in [4.69, 9.17) is 4.99 Å². The summed E-state index contributed by atoms with van der Waals surface area (Å²) in [6, 6.07) is 55.3. The molecule has 0 amide bonds. The summed E-state index contributed by atoms with van der Waals surface area (Å²) in [5.41, 5.74) is 8.03. The summed E-state index contributed by atoms with van der Waals surface area (Å²) in [6.07, 6.45) is 1.70. The first-order valence-corrected chi connectivity index (χ1v) is 15.9. The topological polar surface area (TPSA) is 60.5 Å². The highest BCUT2D eigenvalue weighted by Crippen LogP contribution is 2.37. The van der Waals surface area contributed by atoms with Crippen LogP contribution in [-0.2, 0) is 0 Å². The first-order chi connectivity index (χ1) is 22.8. The van der Waals surface area contributed by atoms with Crippen LogP contribution in [0.25, 0.3) is 16.5 Å². The van der Waals surface area contributed by atoms with E-state index >= 15 is 0 Å². The van der Waals surface area contributed by atoms with Gasteiger partial charge in [-0.1, -0.05) is 158 Å². The van der Waals surface area contributed by atoms with E-state index in [1.165, 1.54) is 21.9 Å². The number of rotatable bonds is 6. The maximum absolute atomic E-state index is 5.16. The normalized spacial score (nSPS) is 21.0. The monoisotopic (exact) mass is 597 g/mol. The molecular formula is C41H35N5. The van der Waals surface area contributed by atoms with Gasteiger partial charge in [-0.25, -0.2) is 4.99 Å². The van der Waals surface area contributed by atoms with Gasteiger partial charge >= 0.3 is 0 Å². The lowest BCUT2D eigenvalue weighted by molar-refractivity contribution is 0.394. The fourth-order valence-corrected chi connectivity index (χ4v) is 6.60. The number of amidine groups is 1. The third-order valence-electron chi connectivity index (χ3n) is 8.85. The molecule has 46 heavy (non-hydrogen) atoms. The third kappa shape index (κ3) is 5.58. The zero-order valence-corrected chi connectivity index (χ0v) is 25.3. The molecule has 0 saturated carbocycles. The SMILES string of the molecule is C1=C(c2ccccc2)NC(c2c(C3NC(c4ccccc4)=NC(c4ccccc4)N3)ccc3ccccc23)NC1c1ccccc1. The van der Waals surface area contributed by atoms with Crippen LogP contribution in [0, 0.1) is 0 Å². The second-order valence-corrected chi connectivity index (χ2v) is 11.8. The zero-order valence-electron chi connectivity index (χ0n) is 25.3. The number of aliphatic imine (C=N–C) groups is 1. The molecule has 2 aliphatic heterocycles. The van der Waals surface area contributed by atoms with Crippen molar-refractivity contribution in [3.63, 3.8) is 0 Å². The Balaban J connectivity index is 1.26. The number of fused-ring (bicyclic) bond motifs is 1. The van der Waals surface area contributed by atoms with E-state index < -0.39 is 0 Å². The van der Waals surface area contributed by atoms with E-state index in [0.717, 1.165) is 33.8 Å². The second-order valence-electron chi connectivity index (χ2n) is 11.8. The van der Waals surface area contributed by atoms with E-state index in [1.54, 1.807) is 0 Å². The van der Waals surface area contributed by atoms with Crippen molar-refractivity contribution < 1.29 is 0 Å². The Bertz CT molecular complexity index is 2010. The predicted octanol–water partition coefficient (Wildman–Crippen LogP) is 8.15. The van der Waals surface area contributed by atoms with Gasteiger partial charge in [0.05, 0.1) is 6.04 Å². The summed E-state index contributed by atoms with van der Waals surface area (Å²) >= 11 is 0. The van der Waals surface area contributed by atoms with Crippen molar-refractivity contribution in [1.29, 1.82) is 0 Å². The molecule has 8 rings (SSSR count). The van der Waals surface area contributed by atoms with Crippen LogP contribution in [-0.4, -0.2) is 5.84 Å². The lowest BCUT2D eigenvalue weighted by Crippen LogP contribution is -2.46. The Labute approximate surface area is 269 Å². The molecule has 0 spiro atoms. The van der Waals surface area contributed by atoms with E-state index in [1.807, 2.05) is 12.1 Å². The van der Waals surface area contributed by atoms with Crippen molar-refractivity contribution >= 4 is 22.3 Å². The number of hydrogen-bond acceptors (Lipinski definition) is 5. The molecule has 0 bridgehead atoms. The molecular weight excluding hydrogens is 562 g/mol. The standard InChI is InChI=1S/C41H35N5/c1-5-16-29(17-6-1)35-27-36(30-18-7-2-8-19-30)43-41(42-35)37-33-24-14-13-15-28(33)25-26-34(37)40-45-38(31-20-9-3-10-21-31)44-39(46-40)32-22-11-4-12-23-32/h1-27,35,38,40-43,45H,(H,44,46). The summed E-state index contributed by atoms with van der Waals surface area (Å²) in [5.74, 6) is 0.869. The highest BCUT2D eigenvalue weighted by atomic mass is 15.3. The maximum atomic E-state index is 5.16. The molecule has 6 aromatic carbocycles. The van der Waals surface area contributed by atoms with Crippen LogP contribution in [0.5, 0.6) is 0 Å². The van der Waals surface area contributed by atoms with Crippen LogP contribution in [0.15, 0.2) is 169 Å². The van der Waals surface area contributed by atoms with Gasteiger partial charge in [-0.05, 0) is 39.1 Å². The van der Waals surface area contributed by atoms with Crippen molar-refractivity contribution in [2.24, 2.45) is 4.99 Å². The maximum Gasteiger partial charge on any atom is 0.131 e. The first kappa shape index (κ1) is 28.0. The molecule has 4 unspecified atom stereocenters. The van der Waals surface area contributed by atoms with Gasteiger partial charge in [-0.3, -0.25) is 10.6 Å². The van der Waals surface area contributed by atoms with E-state index in [0.29, 0.717) is 0 Å². The van der Waals surface area contributed by atoms with Crippen LogP contribution in [0.4, 0.5) is 0 Å². The van der Waals surface area contributed by atoms with E-state index in [9.17, 15) is 0 Å². The average Bonchev–Trinajstić information content (AvgIpc) is 3.15. The summed E-state index contributed by atoms with van der Waals surface area (Å²) in [6.45, 7) is 0. The Morgan fingerprint density at radius 3 is 1.80 bits per heavy atom. The highest BCUT2D eigenvalue weighted by molar-refractivity contribution is 5.99. The quantitative estimate of drug-likeness (QED) is 0.157. The number of hydrogen-bond donors (Lipinski definition) is 4. The molecule has 2 heterocycles. The minimum absolute atomic E-state index is 0.0141. The molecule has 0 radical (unpaired) electrons. The minimum atomic E-state index is -0.217. The molecule has 224 valence electrons. The van der Waals surface area contributed by atoms with Gasteiger partial charge in [0.1, 0.15) is 24.3 Å². The average molecular weight is 598 g/mol. The smallest absolute Gasteiger partial charge is 0.131 e. The Hall–Kier alpha value is -5.49. The summed E-state index contributed by atoms with van der Waals surface area (Å²) in [7, 11) is 0. The van der Waals surface area contributed by atoms with Gasteiger partial charge in [0.2, 0.25) is 0 Å². The highest BCUT2D eigenvalue weighted by Gasteiger charge is 2.32. The molecule has 5 heteroatoms. The molecule has 4 N–H and O–H groups in total. The molecule has 0 fully saturated rings. The van der Waals surface area contributed by atoms with Crippen LogP contribution in [0.3, 0.4) is 0 Å². The summed E-state index contributed by atoms with van der Waals surface area (Å²) in [5, 5.41) is 17.9. The predicted molar refractivity (Wildman–Crippen MR) is 188 cm³/mol. The first-order valence-electron chi connectivity index (χ1n) is 15.9. The van der Waals surface area contributed by atoms with Crippen LogP contribution in [0.1, 0.15) is 57.9 Å². The van der Waals surface area contributed by atoms with Crippen LogP contribution >= 0.6 is 0 Å². The fourth-order valence-electron chi connectivity index (χ4n) is 6.60.